The molecule has 1 N–H and O–H groups in total. The molecule has 0 aliphatic carbocycles. The first kappa shape index (κ1) is 18.6. The van der Waals surface area contributed by atoms with E-state index in [1.165, 1.54) is 11.8 Å². The van der Waals surface area contributed by atoms with Gasteiger partial charge in [0.05, 0.1) is 12.9 Å². The summed E-state index contributed by atoms with van der Waals surface area (Å²) in [5, 5.41) is 11.8. The van der Waals surface area contributed by atoms with Crippen LogP contribution in [0, 0.1) is 0 Å². The highest BCUT2D eigenvalue weighted by Gasteiger charge is 2.24. The molecular weight excluding hydrogens is 352 g/mol. The summed E-state index contributed by atoms with van der Waals surface area (Å²) in [5.74, 6) is 1.86. The molecule has 1 aromatic carbocycles. The highest BCUT2D eigenvalue weighted by atomic mass is 32.2. The maximum absolute atomic E-state index is 12.5. The number of carbonyl (C=O) groups is 1. The standard InChI is InChI=1S/C18H24N4O3S/c1-3-16-20-21-18(25-16)26-12-17(23)22-10-4-5-14(11-22)19-13-6-8-15(24-2)9-7-13/h6-9,14,19H,3-5,10-12H2,1-2H3/t14-/m1/s1. The number of carbonyl (C=O) groups excluding carboxylic acids is 1. The van der Waals surface area contributed by atoms with Crippen LogP contribution >= 0.6 is 11.8 Å². The minimum Gasteiger partial charge on any atom is -0.497 e. The molecular formula is C18H24N4O3S. The number of likely N-dealkylation sites (tertiary alicyclic amines) is 1. The molecule has 3 rings (SSSR count). The van der Waals surface area contributed by atoms with Gasteiger partial charge in [0.2, 0.25) is 11.8 Å². The van der Waals surface area contributed by atoms with E-state index in [2.05, 4.69) is 15.5 Å². The maximum atomic E-state index is 12.5. The van der Waals surface area contributed by atoms with E-state index < -0.39 is 0 Å². The van der Waals surface area contributed by atoms with Crippen molar-refractivity contribution in [3.05, 3.63) is 30.2 Å². The van der Waals surface area contributed by atoms with Gasteiger partial charge in [0.15, 0.2) is 0 Å². The first-order valence-corrected chi connectivity index (χ1v) is 9.80. The van der Waals surface area contributed by atoms with Gasteiger partial charge in [0.25, 0.3) is 5.22 Å². The molecule has 1 aromatic heterocycles. The lowest BCUT2D eigenvalue weighted by molar-refractivity contribution is -0.129. The molecule has 2 aromatic rings. The fourth-order valence-corrected chi connectivity index (χ4v) is 3.58. The van der Waals surface area contributed by atoms with Crippen LogP contribution in [0.1, 0.15) is 25.7 Å². The van der Waals surface area contributed by atoms with E-state index in [1.807, 2.05) is 36.1 Å². The van der Waals surface area contributed by atoms with Crippen molar-refractivity contribution >= 4 is 23.4 Å². The van der Waals surface area contributed by atoms with E-state index in [0.717, 1.165) is 30.8 Å². The number of rotatable bonds is 7. The Balaban J connectivity index is 1.49. The van der Waals surface area contributed by atoms with Crippen molar-refractivity contribution in [2.45, 2.75) is 37.5 Å². The third-order valence-electron chi connectivity index (χ3n) is 4.30. The number of hydrogen-bond donors (Lipinski definition) is 1. The van der Waals surface area contributed by atoms with Gasteiger partial charge in [-0.15, -0.1) is 10.2 Å². The van der Waals surface area contributed by atoms with Crippen LogP contribution in [0.4, 0.5) is 5.69 Å². The molecule has 0 saturated carbocycles. The van der Waals surface area contributed by atoms with Crippen LogP contribution in [0.5, 0.6) is 5.75 Å². The largest absolute Gasteiger partial charge is 0.497 e. The average Bonchev–Trinajstić information content (AvgIpc) is 3.15. The molecule has 0 bridgehead atoms. The van der Waals surface area contributed by atoms with E-state index >= 15 is 0 Å². The van der Waals surface area contributed by atoms with Gasteiger partial charge in [0, 0.05) is 31.2 Å². The van der Waals surface area contributed by atoms with Crippen molar-refractivity contribution in [2.24, 2.45) is 0 Å². The monoisotopic (exact) mass is 376 g/mol. The van der Waals surface area contributed by atoms with Gasteiger partial charge in [-0.2, -0.15) is 0 Å². The van der Waals surface area contributed by atoms with Gasteiger partial charge in [-0.1, -0.05) is 18.7 Å². The van der Waals surface area contributed by atoms with Gasteiger partial charge in [-0.05, 0) is 37.1 Å². The summed E-state index contributed by atoms with van der Waals surface area (Å²) >= 11 is 1.30. The molecule has 2 heterocycles. The second-order valence-corrected chi connectivity index (χ2v) is 7.08. The number of thioether (sulfide) groups is 1. The first-order valence-electron chi connectivity index (χ1n) is 8.81. The molecule has 8 heteroatoms. The van der Waals surface area contributed by atoms with Gasteiger partial charge in [-0.3, -0.25) is 4.79 Å². The summed E-state index contributed by atoms with van der Waals surface area (Å²) in [4.78, 5) is 14.4. The minimum absolute atomic E-state index is 0.104. The molecule has 0 spiro atoms. The quantitative estimate of drug-likeness (QED) is 0.744. The van der Waals surface area contributed by atoms with Crippen molar-refractivity contribution < 1.29 is 13.9 Å². The Morgan fingerprint density at radius 2 is 2.19 bits per heavy atom. The summed E-state index contributed by atoms with van der Waals surface area (Å²) in [5.41, 5.74) is 1.04. The predicted molar refractivity (Wildman–Crippen MR) is 101 cm³/mol. The van der Waals surface area contributed by atoms with Crippen LogP contribution in [-0.4, -0.2) is 53.0 Å². The Hall–Kier alpha value is -2.22. The SMILES string of the molecule is CCc1nnc(SCC(=O)N2CCC[C@@H](Nc3ccc(OC)cc3)C2)o1. The summed E-state index contributed by atoms with van der Waals surface area (Å²) in [6, 6.07) is 8.10. The van der Waals surface area contributed by atoms with Crippen molar-refractivity contribution in [1.82, 2.24) is 15.1 Å². The fourth-order valence-electron chi connectivity index (χ4n) is 2.90. The summed E-state index contributed by atoms with van der Waals surface area (Å²) in [6.07, 6.45) is 2.74. The Kier molecular flexibility index (Phi) is 6.38. The molecule has 0 radical (unpaired) electrons. The molecule has 1 aliphatic heterocycles. The number of nitrogens with one attached hydrogen (secondary N) is 1. The predicted octanol–water partition coefficient (Wildman–Crippen LogP) is 2.84. The Morgan fingerprint density at radius 1 is 1.38 bits per heavy atom. The summed E-state index contributed by atoms with van der Waals surface area (Å²) in [7, 11) is 1.66. The van der Waals surface area contributed by atoms with Gasteiger partial charge >= 0.3 is 0 Å². The molecule has 7 nitrogen and oxygen atoms in total. The lowest BCUT2D eigenvalue weighted by Gasteiger charge is -2.33. The highest BCUT2D eigenvalue weighted by molar-refractivity contribution is 7.99. The van der Waals surface area contributed by atoms with E-state index in [0.29, 0.717) is 29.8 Å². The Bertz CT molecular complexity index is 719. The van der Waals surface area contributed by atoms with Crippen LogP contribution in [0.2, 0.25) is 0 Å². The smallest absolute Gasteiger partial charge is 0.277 e. The van der Waals surface area contributed by atoms with Crippen LogP contribution in [-0.2, 0) is 11.2 Å². The second-order valence-electron chi connectivity index (χ2n) is 6.16. The number of aryl methyl sites for hydroxylation is 1. The molecule has 1 saturated heterocycles. The van der Waals surface area contributed by atoms with E-state index in [4.69, 9.17) is 9.15 Å². The van der Waals surface area contributed by atoms with E-state index in [9.17, 15) is 4.79 Å². The van der Waals surface area contributed by atoms with Gasteiger partial charge < -0.3 is 19.4 Å². The number of anilines is 1. The van der Waals surface area contributed by atoms with Crippen LogP contribution in [0.3, 0.4) is 0 Å². The maximum Gasteiger partial charge on any atom is 0.277 e. The van der Waals surface area contributed by atoms with Crippen LogP contribution in [0.15, 0.2) is 33.9 Å². The average molecular weight is 376 g/mol. The van der Waals surface area contributed by atoms with E-state index in [-0.39, 0.29) is 11.9 Å². The van der Waals surface area contributed by atoms with Crippen molar-refractivity contribution in [3.63, 3.8) is 0 Å². The second kappa shape index (κ2) is 8.93. The number of amides is 1. The Morgan fingerprint density at radius 3 is 2.88 bits per heavy atom. The zero-order valence-corrected chi connectivity index (χ0v) is 15.9. The molecule has 1 aliphatic rings. The normalized spacial score (nSPS) is 17.2. The number of piperidine rings is 1. The summed E-state index contributed by atoms with van der Waals surface area (Å²) < 4.78 is 10.6. The van der Waals surface area contributed by atoms with Gasteiger partial charge in [-0.25, -0.2) is 0 Å². The zero-order valence-electron chi connectivity index (χ0n) is 15.1. The summed E-state index contributed by atoms with van der Waals surface area (Å²) in [6.45, 7) is 3.45. The van der Waals surface area contributed by atoms with Crippen molar-refractivity contribution in [3.8, 4) is 5.75 Å². The molecule has 140 valence electrons. The topological polar surface area (TPSA) is 80.5 Å². The lowest BCUT2D eigenvalue weighted by atomic mass is 10.1. The molecule has 0 unspecified atom stereocenters. The number of methoxy groups -OCH3 is 1. The number of hydrogen-bond acceptors (Lipinski definition) is 7. The number of nitrogens with zero attached hydrogens (tertiary/aromatic N) is 3. The third kappa shape index (κ3) is 4.91. The molecule has 1 amide bonds. The zero-order chi connectivity index (χ0) is 18.4. The lowest BCUT2D eigenvalue weighted by Crippen LogP contribution is -2.45. The van der Waals surface area contributed by atoms with Crippen LogP contribution < -0.4 is 10.1 Å². The number of aromatic nitrogens is 2. The van der Waals surface area contributed by atoms with E-state index in [1.54, 1.807) is 7.11 Å². The number of benzene rings is 1. The number of ether oxygens (including phenoxy) is 1. The highest BCUT2D eigenvalue weighted by Crippen LogP contribution is 2.21. The van der Waals surface area contributed by atoms with Crippen molar-refractivity contribution in [1.29, 1.82) is 0 Å². The van der Waals surface area contributed by atoms with Gasteiger partial charge in [0.1, 0.15) is 5.75 Å². The molecule has 1 atom stereocenters. The third-order valence-corrected chi connectivity index (χ3v) is 5.11. The fraction of sp³-hybridized carbons (Fsp3) is 0.500. The Labute approximate surface area is 157 Å². The van der Waals surface area contributed by atoms with Crippen LogP contribution in [0.25, 0.3) is 0 Å². The molecule has 1 fully saturated rings. The van der Waals surface area contributed by atoms with Crippen molar-refractivity contribution in [2.75, 3.05) is 31.3 Å². The first-order chi connectivity index (χ1) is 12.7. The minimum atomic E-state index is 0.104. The molecule has 26 heavy (non-hydrogen) atoms.